The Bertz CT molecular complexity index is 1630. The molecule has 2 aliphatic rings. The van der Waals surface area contributed by atoms with Crippen LogP contribution in [0.5, 0.6) is 0 Å². The van der Waals surface area contributed by atoms with E-state index in [2.05, 4.69) is 55.8 Å². The van der Waals surface area contributed by atoms with E-state index in [9.17, 15) is 15.5 Å². The fraction of sp³-hybridized carbons (Fsp3) is 0.478. The molecule has 0 aromatic carbocycles. The van der Waals surface area contributed by atoms with Crippen LogP contribution in [0, 0.1) is 17.7 Å². The van der Waals surface area contributed by atoms with E-state index in [0.717, 1.165) is 0 Å². The highest BCUT2D eigenvalue weighted by atomic mass is 31.1. The van der Waals surface area contributed by atoms with Crippen LogP contribution in [0.2, 0.25) is 0 Å². The van der Waals surface area contributed by atoms with E-state index in [1.54, 1.807) is 4.57 Å². The number of anilines is 2. The van der Waals surface area contributed by atoms with Crippen molar-refractivity contribution >= 4 is 51.8 Å². The predicted octanol–water partition coefficient (Wildman–Crippen LogP) is -0.690. The van der Waals surface area contributed by atoms with E-state index in [-0.39, 0.29) is 32.7 Å². The first kappa shape index (κ1) is 28.8. The van der Waals surface area contributed by atoms with Crippen molar-refractivity contribution in [2.45, 2.75) is 43.0 Å². The van der Waals surface area contributed by atoms with Crippen LogP contribution in [-0.2, 0) is 19.1 Å². The number of nitrogen functional groups attached to an aromatic ring is 2. The molecule has 4 aromatic heterocycles. The van der Waals surface area contributed by atoms with Crippen molar-refractivity contribution in [1.29, 1.82) is 0 Å². The van der Waals surface area contributed by atoms with E-state index in [4.69, 9.17) is 25.7 Å². The van der Waals surface area contributed by atoms with Gasteiger partial charge in [0, 0.05) is 5.92 Å². The molecule has 0 aliphatic carbocycles. The van der Waals surface area contributed by atoms with Crippen LogP contribution in [0.1, 0.15) is 12.5 Å². The summed E-state index contributed by atoms with van der Waals surface area (Å²) < 4.78 is 20.9. The summed E-state index contributed by atoms with van der Waals surface area (Å²) in [5.41, 5.74) is 16.0. The minimum Gasteiger partial charge on any atom is -0.444 e. The molecule has 0 amide bonds. The molecule has 2 fully saturated rings. The number of nitrogens with two attached hydrogens (primary N) is 2. The molecule has 4 aromatic rings. The Hall–Kier alpha value is -3.32. The Morgan fingerprint density at radius 3 is 2.07 bits per heavy atom. The van der Waals surface area contributed by atoms with Crippen molar-refractivity contribution < 1.29 is 34.6 Å². The summed E-state index contributed by atoms with van der Waals surface area (Å²) in [5.74, 6) is 0.0537. The monoisotopic (exact) mass is 618 g/mol. The number of aromatic nitrogens is 8. The fourth-order valence-corrected chi connectivity index (χ4v) is 7.05. The summed E-state index contributed by atoms with van der Waals surface area (Å²) in [6, 6.07) is 0. The fourth-order valence-electron chi connectivity index (χ4n) is 5.35. The van der Waals surface area contributed by atoms with Gasteiger partial charge in [-0.3, -0.25) is 14.4 Å². The molecule has 0 spiro atoms. The largest absolute Gasteiger partial charge is 0.444 e. The number of imidazole rings is 2. The van der Waals surface area contributed by atoms with Crippen molar-refractivity contribution in [2.75, 3.05) is 30.4 Å². The summed E-state index contributed by atoms with van der Waals surface area (Å²) in [4.78, 5) is 29.5. The minimum atomic E-state index is -1.22. The van der Waals surface area contributed by atoms with Crippen LogP contribution in [0.15, 0.2) is 25.3 Å². The van der Waals surface area contributed by atoms with Gasteiger partial charge in [0.1, 0.15) is 60.8 Å². The molecule has 10 unspecified atom stereocenters. The van der Waals surface area contributed by atoms with Crippen LogP contribution in [0.3, 0.4) is 0 Å². The molecular weight excluding hydrogens is 590 g/mol. The molecule has 17 nitrogen and oxygen atoms in total. The molecule has 42 heavy (non-hydrogen) atoms. The first-order valence-electron chi connectivity index (χ1n) is 12.8. The van der Waals surface area contributed by atoms with Gasteiger partial charge in [0.25, 0.3) is 0 Å². The lowest BCUT2D eigenvalue weighted by Gasteiger charge is -2.21. The van der Waals surface area contributed by atoms with Gasteiger partial charge in [-0.05, 0) is 18.0 Å². The zero-order chi connectivity index (χ0) is 29.4. The minimum absolute atomic E-state index is 0.121. The SMILES string of the molecule is Nc1ncnc2c1ncn2C1OC(COC#CP)C(CPCC2OC(n3cnc4c(N)ncnc43)C(O)C2OO)C1O. The standard InChI is InChI=1S/C23H28N10O7P2/c24-18-13-20(28-6-26-18)32(8-30-13)22-15(34)10(11(38-22)3-37-1-2-41)4-42-5-12-17(40-36)16(35)23(39-12)33-9-31-14-19(25)27-7-29-21(14)33/h6-12,15-17,22-23,34-36,42H,3-5,41H2,(H2,24,26,28)(H2,25,27,29). The van der Waals surface area contributed by atoms with Gasteiger partial charge in [-0.25, -0.2) is 34.8 Å². The third kappa shape index (κ3) is 5.10. The van der Waals surface area contributed by atoms with Crippen LogP contribution in [-0.4, -0.2) is 104 Å². The van der Waals surface area contributed by atoms with Crippen LogP contribution in [0.25, 0.3) is 22.3 Å². The second kappa shape index (κ2) is 12.1. The Morgan fingerprint density at radius 1 is 0.881 bits per heavy atom. The van der Waals surface area contributed by atoms with Gasteiger partial charge in [0.15, 0.2) is 35.4 Å². The number of rotatable bonds is 9. The zero-order valence-corrected chi connectivity index (χ0v) is 24.0. The van der Waals surface area contributed by atoms with Gasteiger partial charge in [-0.2, -0.15) is 0 Å². The molecule has 7 N–H and O–H groups in total. The van der Waals surface area contributed by atoms with E-state index in [0.29, 0.717) is 34.7 Å². The average Bonchev–Trinajstić information content (AvgIpc) is 3.74. The molecular formula is C23H28N10O7P2. The number of aliphatic hydroxyl groups is 2. The van der Waals surface area contributed by atoms with Crippen molar-refractivity contribution in [3.8, 4) is 11.8 Å². The second-order valence-corrected chi connectivity index (χ2v) is 11.3. The Kier molecular flexibility index (Phi) is 8.30. The van der Waals surface area contributed by atoms with Gasteiger partial charge in [0.05, 0.1) is 18.8 Å². The maximum absolute atomic E-state index is 11.4. The van der Waals surface area contributed by atoms with Crippen LogP contribution < -0.4 is 11.5 Å². The highest BCUT2D eigenvalue weighted by Crippen LogP contribution is 2.41. The predicted molar refractivity (Wildman–Crippen MR) is 152 cm³/mol. The third-order valence-corrected chi connectivity index (χ3v) is 8.95. The third-order valence-electron chi connectivity index (χ3n) is 7.38. The van der Waals surface area contributed by atoms with Crippen molar-refractivity contribution in [1.82, 2.24) is 39.0 Å². The number of fused-ring (bicyclic) bond motifs is 2. The van der Waals surface area contributed by atoms with Gasteiger partial charge >= 0.3 is 0 Å². The van der Waals surface area contributed by atoms with E-state index in [1.165, 1.54) is 29.9 Å². The highest BCUT2D eigenvalue weighted by molar-refractivity contribution is 7.38. The number of aliphatic hydroxyl groups excluding tert-OH is 2. The van der Waals surface area contributed by atoms with Gasteiger partial charge in [-0.1, -0.05) is 9.24 Å². The summed E-state index contributed by atoms with van der Waals surface area (Å²) in [6.07, 6.45) is 2.90. The first-order chi connectivity index (χ1) is 20.4. The molecule has 10 atom stereocenters. The molecule has 0 bridgehead atoms. The van der Waals surface area contributed by atoms with Gasteiger partial charge in [0.2, 0.25) is 0 Å². The van der Waals surface area contributed by atoms with Crippen molar-refractivity contribution in [2.24, 2.45) is 5.92 Å². The van der Waals surface area contributed by atoms with Gasteiger partial charge < -0.3 is 35.9 Å². The number of nitrogens with zero attached hydrogens (tertiary/aromatic N) is 8. The summed E-state index contributed by atoms with van der Waals surface area (Å²) in [5, 5.41) is 31.9. The lowest BCUT2D eigenvalue weighted by molar-refractivity contribution is -0.297. The molecule has 2 aliphatic heterocycles. The highest BCUT2D eigenvalue weighted by Gasteiger charge is 2.48. The Labute approximate surface area is 241 Å². The molecule has 2 saturated heterocycles. The Morgan fingerprint density at radius 2 is 1.48 bits per heavy atom. The lowest BCUT2D eigenvalue weighted by atomic mass is 10.0. The smallest absolute Gasteiger partial charge is 0.167 e. The van der Waals surface area contributed by atoms with Crippen molar-refractivity contribution in [3.05, 3.63) is 25.3 Å². The summed E-state index contributed by atoms with van der Waals surface area (Å²) >= 11 is 0. The molecule has 6 heterocycles. The van der Waals surface area contributed by atoms with Crippen molar-refractivity contribution in [3.63, 3.8) is 0 Å². The topological polar surface area (TPSA) is 237 Å². The van der Waals surface area contributed by atoms with E-state index in [1.807, 2.05) is 0 Å². The molecule has 0 radical (unpaired) electrons. The van der Waals surface area contributed by atoms with E-state index >= 15 is 0 Å². The number of hydrogen-bond acceptors (Lipinski definition) is 15. The first-order valence-corrected chi connectivity index (χ1v) is 14.8. The van der Waals surface area contributed by atoms with Crippen LogP contribution in [0.4, 0.5) is 11.6 Å². The maximum atomic E-state index is 11.4. The van der Waals surface area contributed by atoms with Crippen LogP contribution >= 0.6 is 17.8 Å². The summed E-state index contributed by atoms with van der Waals surface area (Å²) in [7, 11) is 2.47. The number of hydrogen-bond donors (Lipinski definition) is 5. The lowest BCUT2D eigenvalue weighted by Crippen LogP contribution is -2.35. The molecule has 0 saturated carbocycles. The van der Waals surface area contributed by atoms with Gasteiger partial charge in [-0.15, -0.1) is 8.58 Å². The number of ether oxygens (including phenoxy) is 3. The van der Waals surface area contributed by atoms with E-state index < -0.39 is 43.0 Å². The normalized spacial score (nSPS) is 29.5. The molecule has 222 valence electrons. The second-order valence-electron chi connectivity index (χ2n) is 9.73. The summed E-state index contributed by atoms with van der Waals surface area (Å²) in [6.45, 7) is 0.121. The Balaban J connectivity index is 1.16. The quantitative estimate of drug-likeness (QED) is 0.0675. The average molecular weight is 618 g/mol. The zero-order valence-electron chi connectivity index (χ0n) is 21.8. The molecule has 6 rings (SSSR count). The molecule has 19 heteroatoms. The maximum Gasteiger partial charge on any atom is 0.167 e.